The largest absolute Gasteiger partial charge is 0.350 e. The molecule has 0 fully saturated rings. The molecule has 1 aliphatic heterocycles. The normalized spacial score (nSPS) is 19.2. The number of hydrogen-bond acceptors (Lipinski definition) is 3. The zero-order valence-electron chi connectivity index (χ0n) is 8.86. The lowest BCUT2D eigenvalue weighted by atomic mass is 9.94. The van der Waals surface area contributed by atoms with Crippen LogP contribution < -0.4 is 10.6 Å². The van der Waals surface area contributed by atoms with Crippen molar-refractivity contribution in [1.82, 2.24) is 0 Å². The first-order valence-corrected chi connectivity index (χ1v) is 4.84. The van der Waals surface area contributed by atoms with E-state index < -0.39 is 0 Å². The smallest absolute Gasteiger partial charge is 0.0982 e. The van der Waals surface area contributed by atoms with Crippen molar-refractivity contribution in [3.05, 3.63) is 41.1 Å². The number of aryl methyl sites for hydroxylation is 1. The predicted molar refractivity (Wildman–Crippen MR) is 60.2 cm³/mol. The molecule has 3 nitrogen and oxygen atoms in total. The molecule has 0 aliphatic carbocycles. The van der Waals surface area contributed by atoms with Crippen LogP contribution in [-0.4, -0.2) is 7.05 Å². The number of nitrogens with two attached hydrogens (primary N) is 1. The van der Waals surface area contributed by atoms with Crippen molar-refractivity contribution >= 4 is 5.69 Å². The van der Waals surface area contributed by atoms with Crippen molar-refractivity contribution in [3.63, 3.8) is 0 Å². The van der Waals surface area contributed by atoms with Crippen molar-refractivity contribution in [2.24, 2.45) is 5.73 Å². The van der Waals surface area contributed by atoms with Crippen LogP contribution in [0.25, 0.3) is 0 Å². The molecule has 1 aliphatic rings. The van der Waals surface area contributed by atoms with E-state index in [1.807, 2.05) is 37.1 Å². The second-order valence-corrected chi connectivity index (χ2v) is 3.85. The number of nitrogens with zero attached hydrogens (tertiary/aromatic N) is 2. The summed E-state index contributed by atoms with van der Waals surface area (Å²) in [5.41, 5.74) is 9.89. The lowest BCUT2D eigenvalue weighted by Crippen LogP contribution is -2.24. The molecule has 15 heavy (non-hydrogen) atoms. The molecular weight excluding hydrogens is 186 g/mol. The zero-order valence-corrected chi connectivity index (χ0v) is 8.86. The molecule has 0 radical (unpaired) electrons. The van der Waals surface area contributed by atoms with Crippen molar-refractivity contribution < 1.29 is 0 Å². The van der Waals surface area contributed by atoms with Gasteiger partial charge in [0.25, 0.3) is 0 Å². The van der Waals surface area contributed by atoms with Crippen LogP contribution in [0.4, 0.5) is 5.69 Å². The summed E-state index contributed by atoms with van der Waals surface area (Å²) in [6.07, 6.45) is 1.79. The van der Waals surface area contributed by atoms with E-state index in [4.69, 9.17) is 11.0 Å². The summed E-state index contributed by atoms with van der Waals surface area (Å²) >= 11 is 0. The Kier molecular flexibility index (Phi) is 2.22. The zero-order chi connectivity index (χ0) is 11.0. The third-order valence-corrected chi connectivity index (χ3v) is 2.69. The van der Waals surface area contributed by atoms with Crippen LogP contribution in [0.1, 0.15) is 17.2 Å². The van der Waals surface area contributed by atoms with Crippen LogP contribution in [-0.2, 0) is 0 Å². The maximum Gasteiger partial charge on any atom is 0.0982 e. The number of nitriles is 1. The van der Waals surface area contributed by atoms with E-state index in [0.717, 1.165) is 16.8 Å². The molecule has 1 atom stereocenters. The quantitative estimate of drug-likeness (QED) is 0.693. The van der Waals surface area contributed by atoms with Gasteiger partial charge in [-0.05, 0) is 18.6 Å². The van der Waals surface area contributed by atoms with Crippen molar-refractivity contribution in [2.75, 3.05) is 11.9 Å². The van der Waals surface area contributed by atoms with Crippen molar-refractivity contribution in [2.45, 2.75) is 13.0 Å². The van der Waals surface area contributed by atoms with Gasteiger partial charge in [0.05, 0.1) is 17.7 Å². The molecule has 2 N–H and O–H groups in total. The summed E-state index contributed by atoms with van der Waals surface area (Å²) < 4.78 is 0. The van der Waals surface area contributed by atoms with E-state index in [9.17, 15) is 0 Å². The molecule has 0 saturated carbocycles. The SMILES string of the molecule is Cc1ccc2c(c1)C(N)C(C#N)=CN2C. The molecule has 0 bridgehead atoms. The van der Waals surface area contributed by atoms with Crippen LogP contribution in [0.5, 0.6) is 0 Å². The van der Waals surface area contributed by atoms with E-state index >= 15 is 0 Å². The van der Waals surface area contributed by atoms with Gasteiger partial charge in [-0.3, -0.25) is 0 Å². The molecule has 1 unspecified atom stereocenters. The van der Waals surface area contributed by atoms with Gasteiger partial charge < -0.3 is 10.6 Å². The lowest BCUT2D eigenvalue weighted by Gasteiger charge is -2.28. The Labute approximate surface area is 89.4 Å². The summed E-state index contributed by atoms with van der Waals surface area (Å²) in [6.45, 7) is 2.03. The Morgan fingerprint density at radius 1 is 1.47 bits per heavy atom. The predicted octanol–water partition coefficient (Wildman–Crippen LogP) is 1.85. The van der Waals surface area contributed by atoms with E-state index in [1.165, 1.54) is 0 Å². The molecule has 1 aromatic carbocycles. The van der Waals surface area contributed by atoms with Crippen LogP contribution >= 0.6 is 0 Å². The Morgan fingerprint density at radius 3 is 2.87 bits per heavy atom. The molecule has 0 spiro atoms. The minimum absolute atomic E-state index is 0.291. The molecule has 1 heterocycles. The minimum atomic E-state index is -0.291. The topological polar surface area (TPSA) is 53.1 Å². The maximum atomic E-state index is 8.95. The molecule has 3 heteroatoms. The van der Waals surface area contributed by atoms with E-state index in [-0.39, 0.29) is 6.04 Å². The van der Waals surface area contributed by atoms with Crippen LogP contribution in [0.2, 0.25) is 0 Å². The highest BCUT2D eigenvalue weighted by Crippen LogP contribution is 2.34. The average Bonchev–Trinajstić information content (AvgIpc) is 2.23. The fourth-order valence-electron chi connectivity index (χ4n) is 1.87. The van der Waals surface area contributed by atoms with Gasteiger partial charge in [0.15, 0.2) is 0 Å². The number of rotatable bonds is 0. The summed E-state index contributed by atoms with van der Waals surface area (Å²) in [4.78, 5) is 1.94. The summed E-state index contributed by atoms with van der Waals surface area (Å²) in [5, 5.41) is 8.95. The highest BCUT2D eigenvalue weighted by atomic mass is 15.1. The molecule has 0 aromatic heterocycles. The van der Waals surface area contributed by atoms with Gasteiger partial charge in [0, 0.05) is 18.9 Å². The van der Waals surface area contributed by atoms with Gasteiger partial charge in [-0.15, -0.1) is 0 Å². The second kappa shape index (κ2) is 3.41. The number of benzene rings is 1. The highest BCUT2D eigenvalue weighted by molar-refractivity contribution is 5.64. The lowest BCUT2D eigenvalue weighted by molar-refractivity contribution is 0.838. The fourth-order valence-corrected chi connectivity index (χ4v) is 1.87. The average molecular weight is 199 g/mol. The van der Waals surface area contributed by atoms with Gasteiger partial charge in [-0.1, -0.05) is 17.7 Å². The van der Waals surface area contributed by atoms with Gasteiger partial charge in [-0.25, -0.2) is 0 Å². The number of hydrogen-bond donors (Lipinski definition) is 1. The highest BCUT2D eigenvalue weighted by Gasteiger charge is 2.22. The van der Waals surface area contributed by atoms with Crippen LogP contribution in [0, 0.1) is 18.3 Å². The molecular formula is C12H13N3. The van der Waals surface area contributed by atoms with Crippen LogP contribution in [0.15, 0.2) is 30.0 Å². The summed E-state index contributed by atoms with van der Waals surface area (Å²) in [7, 11) is 1.93. The molecule has 0 amide bonds. The molecule has 76 valence electrons. The van der Waals surface area contributed by atoms with Crippen LogP contribution in [0.3, 0.4) is 0 Å². The Balaban J connectivity index is 2.58. The summed E-state index contributed by atoms with van der Waals surface area (Å²) in [5.74, 6) is 0. The van der Waals surface area contributed by atoms with Gasteiger partial charge in [0.2, 0.25) is 0 Å². The first kappa shape index (κ1) is 9.75. The fraction of sp³-hybridized carbons (Fsp3) is 0.250. The Morgan fingerprint density at radius 2 is 2.20 bits per heavy atom. The van der Waals surface area contributed by atoms with E-state index in [1.54, 1.807) is 6.20 Å². The molecule has 1 aromatic rings. The third-order valence-electron chi connectivity index (χ3n) is 2.69. The molecule has 0 saturated heterocycles. The second-order valence-electron chi connectivity index (χ2n) is 3.85. The van der Waals surface area contributed by atoms with Gasteiger partial charge in [0.1, 0.15) is 0 Å². The first-order valence-electron chi connectivity index (χ1n) is 4.84. The van der Waals surface area contributed by atoms with Crippen molar-refractivity contribution in [1.29, 1.82) is 5.26 Å². The van der Waals surface area contributed by atoms with Gasteiger partial charge in [-0.2, -0.15) is 5.26 Å². The van der Waals surface area contributed by atoms with E-state index in [0.29, 0.717) is 5.57 Å². The van der Waals surface area contributed by atoms with E-state index in [2.05, 4.69) is 6.07 Å². The van der Waals surface area contributed by atoms with Crippen molar-refractivity contribution in [3.8, 4) is 6.07 Å². The molecule has 2 rings (SSSR count). The number of anilines is 1. The standard InChI is InChI=1S/C12H13N3/c1-8-3-4-11-10(5-8)12(14)9(6-13)7-15(11)2/h3-5,7,12H,14H2,1-2H3. The first-order chi connectivity index (χ1) is 7.13. The van der Waals surface area contributed by atoms with Gasteiger partial charge >= 0.3 is 0 Å². The maximum absolute atomic E-state index is 8.95. The Bertz CT molecular complexity index is 468. The Hall–Kier alpha value is -1.79. The minimum Gasteiger partial charge on any atom is -0.350 e. The monoisotopic (exact) mass is 199 g/mol. The third kappa shape index (κ3) is 1.49. The number of fused-ring (bicyclic) bond motifs is 1. The summed E-state index contributed by atoms with van der Waals surface area (Å²) in [6, 6.07) is 7.98.